The lowest BCUT2D eigenvalue weighted by molar-refractivity contribution is 0.156. The molecule has 0 saturated carbocycles. The third kappa shape index (κ3) is 2.99. The van der Waals surface area contributed by atoms with E-state index in [0.29, 0.717) is 12.6 Å². The van der Waals surface area contributed by atoms with Crippen LogP contribution in [0.25, 0.3) is 0 Å². The molecule has 17 heavy (non-hydrogen) atoms. The van der Waals surface area contributed by atoms with E-state index in [1.54, 1.807) is 0 Å². The summed E-state index contributed by atoms with van der Waals surface area (Å²) in [5, 5.41) is 13.2. The Hall–Kier alpha value is -1.06. The van der Waals surface area contributed by atoms with Gasteiger partial charge in [0.05, 0.1) is 6.10 Å². The number of hydrogen-bond acceptors (Lipinski definition) is 3. The molecular weight excluding hydrogens is 212 g/mol. The summed E-state index contributed by atoms with van der Waals surface area (Å²) in [5.41, 5.74) is 9.32. The van der Waals surface area contributed by atoms with E-state index in [-0.39, 0.29) is 6.10 Å². The number of rotatable bonds is 5. The van der Waals surface area contributed by atoms with Gasteiger partial charge in [-0.2, -0.15) is 0 Å². The van der Waals surface area contributed by atoms with Crippen LogP contribution in [0.15, 0.2) is 18.2 Å². The standard InChI is InChI=1S/C14H22N2O/c1-2-3-12(17)9-16-14-7-4-10-8-11(15)5-6-13(10)14/h5-6,8,12,14,16-17H,2-4,7,9,15H2,1H3. The quantitative estimate of drug-likeness (QED) is 0.683. The minimum Gasteiger partial charge on any atom is -0.399 e. The highest BCUT2D eigenvalue weighted by Gasteiger charge is 2.22. The van der Waals surface area contributed by atoms with Crippen molar-refractivity contribution in [3.05, 3.63) is 29.3 Å². The van der Waals surface area contributed by atoms with Gasteiger partial charge in [0, 0.05) is 18.3 Å². The molecule has 0 radical (unpaired) electrons. The van der Waals surface area contributed by atoms with Crippen molar-refractivity contribution in [1.29, 1.82) is 0 Å². The van der Waals surface area contributed by atoms with Crippen LogP contribution in [-0.4, -0.2) is 17.8 Å². The van der Waals surface area contributed by atoms with Crippen molar-refractivity contribution in [3.8, 4) is 0 Å². The molecule has 3 heteroatoms. The van der Waals surface area contributed by atoms with E-state index in [4.69, 9.17) is 5.73 Å². The Morgan fingerprint density at radius 3 is 3.12 bits per heavy atom. The number of aliphatic hydroxyl groups excluding tert-OH is 1. The van der Waals surface area contributed by atoms with E-state index in [2.05, 4.69) is 24.4 Å². The largest absolute Gasteiger partial charge is 0.399 e. The first kappa shape index (κ1) is 12.4. The first-order valence-electron chi connectivity index (χ1n) is 6.50. The van der Waals surface area contributed by atoms with Crippen LogP contribution in [0.2, 0.25) is 0 Å². The molecular formula is C14H22N2O. The van der Waals surface area contributed by atoms with Gasteiger partial charge in [-0.3, -0.25) is 0 Å². The highest BCUT2D eigenvalue weighted by atomic mass is 16.3. The number of anilines is 1. The second-order valence-electron chi connectivity index (χ2n) is 4.90. The van der Waals surface area contributed by atoms with Crippen LogP contribution in [0.3, 0.4) is 0 Å². The van der Waals surface area contributed by atoms with Gasteiger partial charge in [-0.15, -0.1) is 0 Å². The minimum atomic E-state index is -0.224. The Bertz CT molecular complexity index is 378. The van der Waals surface area contributed by atoms with Crippen LogP contribution in [0.5, 0.6) is 0 Å². The molecule has 0 aliphatic heterocycles. The maximum atomic E-state index is 9.72. The predicted octanol–water partition coefficient (Wildman–Crippen LogP) is 2.01. The van der Waals surface area contributed by atoms with Gasteiger partial charge in [-0.1, -0.05) is 19.4 Å². The van der Waals surface area contributed by atoms with Crippen LogP contribution < -0.4 is 11.1 Å². The second-order valence-corrected chi connectivity index (χ2v) is 4.90. The lowest BCUT2D eigenvalue weighted by Crippen LogP contribution is -2.29. The van der Waals surface area contributed by atoms with E-state index >= 15 is 0 Å². The fraction of sp³-hybridized carbons (Fsp3) is 0.571. The van der Waals surface area contributed by atoms with Gasteiger partial charge in [0.25, 0.3) is 0 Å². The molecule has 1 aromatic rings. The molecule has 0 amide bonds. The van der Waals surface area contributed by atoms with Crippen molar-refractivity contribution < 1.29 is 5.11 Å². The zero-order valence-electron chi connectivity index (χ0n) is 10.4. The first-order valence-corrected chi connectivity index (χ1v) is 6.50. The van der Waals surface area contributed by atoms with Crippen molar-refractivity contribution in [2.75, 3.05) is 12.3 Å². The number of nitrogen functional groups attached to an aromatic ring is 1. The van der Waals surface area contributed by atoms with Crippen LogP contribution >= 0.6 is 0 Å². The summed E-state index contributed by atoms with van der Waals surface area (Å²) in [7, 11) is 0. The molecule has 2 unspecified atom stereocenters. The zero-order valence-corrected chi connectivity index (χ0v) is 10.4. The third-order valence-corrected chi connectivity index (χ3v) is 3.47. The SMILES string of the molecule is CCCC(O)CNC1CCc2cc(N)ccc21. The molecule has 4 N–H and O–H groups in total. The summed E-state index contributed by atoms with van der Waals surface area (Å²) in [4.78, 5) is 0. The van der Waals surface area contributed by atoms with Crippen LogP contribution in [-0.2, 0) is 6.42 Å². The topological polar surface area (TPSA) is 58.3 Å². The molecule has 1 aliphatic carbocycles. The van der Waals surface area contributed by atoms with Gasteiger partial charge in [-0.05, 0) is 42.5 Å². The average Bonchev–Trinajstić information content (AvgIpc) is 2.69. The van der Waals surface area contributed by atoms with E-state index < -0.39 is 0 Å². The second kappa shape index (κ2) is 5.52. The number of nitrogens with one attached hydrogen (secondary N) is 1. The number of aliphatic hydroxyl groups is 1. The molecule has 0 saturated heterocycles. The van der Waals surface area contributed by atoms with Crippen LogP contribution in [0.4, 0.5) is 5.69 Å². The molecule has 0 fully saturated rings. The smallest absolute Gasteiger partial charge is 0.0664 e. The zero-order chi connectivity index (χ0) is 12.3. The monoisotopic (exact) mass is 234 g/mol. The van der Waals surface area contributed by atoms with Crippen LogP contribution in [0, 0.1) is 0 Å². The number of benzene rings is 1. The highest BCUT2D eigenvalue weighted by Crippen LogP contribution is 2.32. The van der Waals surface area contributed by atoms with Gasteiger partial charge in [-0.25, -0.2) is 0 Å². The van der Waals surface area contributed by atoms with Gasteiger partial charge in [0.2, 0.25) is 0 Å². The van der Waals surface area contributed by atoms with Gasteiger partial charge >= 0.3 is 0 Å². The Kier molecular flexibility index (Phi) is 4.02. The van der Waals surface area contributed by atoms with Crippen LogP contribution in [0.1, 0.15) is 43.4 Å². The summed E-state index contributed by atoms with van der Waals surface area (Å²) in [6, 6.07) is 6.53. The summed E-state index contributed by atoms with van der Waals surface area (Å²) >= 11 is 0. The fourth-order valence-electron chi connectivity index (χ4n) is 2.56. The average molecular weight is 234 g/mol. The first-order chi connectivity index (χ1) is 8.20. The van der Waals surface area contributed by atoms with Gasteiger partial charge in [0.1, 0.15) is 0 Å². The normalized spacial score (nSPS) is 20.2. The maximum absolute atomic E-state index is 9.72. The lowest BCUT2D eigenvalue weighted by atomic mass is 10.1. The molecule has 0 spiro atoms. The number of hydrogen-bond donors (Lipinski definition) is 3. The van der Waals surface area contributed by atoms with Gasteiger partial charge in [0.15, 0.2) is 0 Å². The van der Waals surface area contributed by atoms with E-state index in [0.717, 1.165) is 31.4 Å². The number of nitrogens with two attached hydrogens (primary N) is 1. The number of aryl methyl sites for hydroxylation is 1. The Labute approximate surface area is 103 Å². The van der Waals surface area contributed by atoms with Crippen molar-refractivity contribution in [2.24, 2.45) is 0 Å². The molecule has 0 aromatic heterocycles. The van der Waals surface area contributed by atoms with E-state index in [1.165, 1.54) is 11.1 Å². The number of fused-ring (bicyclic) bond motifs is 1. The van der Waals surface area contributed by atoms with Crippen molar-refractivity contribution in [3.63, 3.8) is 0 Å². The molecule has 3 nitrogen and oxygen atoms in total. The summed E-state index contributed by atoms with van der Waals surface area (Å²) < 4.78 is 0. The minimum absolute atomic E-state index is 0.224. The molecule has 94 valence electrons. The van der Waals surface area contributed by atoms with Gasteiger partial charge < -0.3 is 16.2 Å². The summed E-state index contributed by atoms with van der Waals surface area (Å²) in [6.45, 7) is 2.78. The molecule has 1 aromatic carbocycles. The molecule has 1 aliphatic rings. The molecule has 0 bridgehead atoms. The molecule has 2 rings (SSSR count). The van der Waals surface area contributed by atoms with E-state index in [1.807, 2.05) is 6.07 Å². The predicted molar refractivity (Wildman–Crippen MR) is 70.8 cm³/mol. The Balaban J connectivity index is 1.93. The van der Waals surface area contributed by atoms with E-state index in [9.17, 15) is 5.11 Å². The fourth-order valence-corrected chi connectivity index (χ4v) is 2.56. The third-order valence-electron chi connectivity index (χ3n) is 3.47. The lowest BCUT2D eigenvalue weighted by Gasteiger charge is -2.17. The summed E-state index contributed by atoms with van der Waals surface area (Å²) in [6.07, 6.45) is 3.87. The highest BCUT2D eigenvalue weighted by molar-refractivity contribution is 5.47. The molecule has 2 atom stereocenters. The Morgan fingerprint density at radius 1 is 1.53 bits per heavy atom. The van der Waals surface area contributed by atoms with Crippen molar-refractivity contribution in [2.45, 2.75) is 44.8 Å². The molecule has 0 heterocycles. The van der Waals surface area contributed by atoms with Crippen molar-refractivity contribution in [1.82, 2.24) is 5.32 Å². The Morgan fingerprint density at radius 2 is 2.35 bits per heavy atom. The summed E-state index contributed by atoms with van der Waals surface area (Å²) in [5.74, 6) is 0. The van der Waals surface area contributed by atoms with Crippen molar-refractivity contribution >= 4 is 5.69 Å². The maximum Gasteiger partial charge on any atom is 0.0664 e.